The molecule has 0 heterocycles. The smallest absolute Gasteiger partial charge is 0.0827 e. The van der Waals surface area contributed by atoms with E-state index in [-0.39, 0.29) is 0 Å². The number of hydrogen-bond acceptors (Lipinski definition) is 2. The van der Waals surface area contributed by atoms with Gasteiger partial charge in [0.25, 0.3) is 0 Å². The second-order valence-corrected chi connectivity index (χ2v) is 7.54. The molecule has 0 fully saturated rings. The van der Waals surface area contributed by atoms with Crippen molar-refractivity contribution >= 4 is 0 Å². The zero-order chi connectivity index (χ0) is 16.8. The lowest BCUT2D eigenvalue weighted by molar-refractivity contribution is 0.0565. The van der Waals surface area contributed by atoms with Crippen molar-refractivity contribution in [1.82, 2.24) is 0 Å². The highest BCUT2D eigenvalue weighted by molar-refractivity contribution is 5.10. The van der Waals surface area contributed by atoms with Crippen LogP contribution in [0.3, 0.4) is 0 Å². The van der Waals surface area contributed by atoms with Crippen LogP contribution in [0.1, 0.15) is 66.7 Å². The zero-order valence-electron chi connectivity index (χ0n) is 15.0. The van der Waals surface area contributed by atoms with Gasteiger partial charge in [0.2, 0.25) is 0 Å². The van der Waals surface area contributed by atoms with Gasteiger partial charge in [-0.3, -0.25) is 0 Å². The minimum atomic E-state index is -0.960. The lowest BCUT2D eigenvalue weighted by Gasteiger charge is -2.24. The normalized spacial score (nSPS) is 33.8. The van der Waals surface area contributed by atoms with Crippen LogP contribution >= 0.6 is 0 Å². The summed E-state index contributed by atoms with van der Waals surface area (Å²) in [5.41, 5.74) is 1.67. The molecule has 0 aliphatic heterocycles. The van der Waals surface area contributed by atoms with Crippen molar-refractivity contribution in [3.05, 3.63) is 35.5 Å². The maximum Gasteiger partial charge on any atom is 0.0827 e. The minimum absolute atomic E-state index is 0.348. The monoisotopic (exact) mass is 306 g/mol. The molecule has 0 saturated heterocycles. The van der Waals surface area contributed by atoms with E-state index in [2.05, 4.69) is 39.8 Å². The Kier molecular flexibility index (Phi) is 7.58. The van der Waals surface area contributed by atoms with Gasteiger partial charge in [0.1, 0.15) is 0 Å². The van der Waals surface area contributed by atoms with Crippen LogP contribution in [-0.2, 0) is 0 Å². The van der Waals surface area contributed by atoms with E-state index in [1.807, 2.05) is 12.2 Å². The first-order valence-electron chi connectivity index (χ1n) is 8.62. The molecule has 0 unspecified atom stereocenters. The van der Waals surface area contributed by atoms with Crippen LogP contribution < -0.4 is 0 Å². The second-order valence-electron chi connectivity index (χ2n) is 7.54. The van der Waals surface area contributed by atoms with Gasteiger partial charge in [-0.25, -0.2) is 0 Å². The summed E-state index contributed by atoms with van der Waals surface area (Å²) in [5, 5.41) is 20.7. The van der Waals surface area contributed by atoms with E-state index in [1.54, 1.807) is 6.92 Å². The maximum atomic E-state index is 10.5. The molecule has 0 saturated carbocycles. The van der Waals surface area contributed by atoms with Crippen LogP contribution in [0.4, 0.5) is 0 Å². The standard InChI is InChI=1S/C20H34O2/c1-15(2)18-10-9-16(3)7-6-8-17(4)13-19(21)14-20(5,22)12-11-18/h7,11-13,15,18-19,21-22H,6,8-10,14H2,1-5H3/b12-11+,16-7?,17-13?/t18-,19+,20+/m1/s1. The van der Waals surface area contributed by atoms with Gasteiger partial charge in [0.15, 0.2) is 0 Å². The summed E-state index contributed by atoms with van der Waals surface area (Å²) >= 11 is 0. The van der Waals surface area contributed by atoms with Crippen LogP contribution in [-0.4, -0.2) is 21.9 Å². The Morgan fingerprint density at radius 1 is 1.18 bits per heavy atom. The molecule has 2 N–H and O–H groups in total. The van der Waals surface area contributed by atoms with Crippen molar-refractivity contribution in [2.24, 2.45) is 11.8 Å². The number of rotatable bonds is 1. The van der Waals surface area contributed by atoms with Crippen molar-refractivity contribution < 1.29 is 10.2 Å². The molecule has 0 bridgehead atoms. The quantitative estimate of drug-likeness (QED) is 0.684. The highest BCUT2D eigenvalue weighted by atomic mass is 16.3. The summed E-state index contributed by atoms with van der Waals surface area (Å²) in [5.74, 6) is 1.02. The van der Waals surface area contributed by atoms with Gasteiger partial charge in [-0.2, -0.15) is 0 Å². The van der Waals surface area contributed by atoms with Gasteiger partial charge in [-0.1, -0.05) is 49.3 Å². The summed E-state index contributed by atoms with van der Waals surface area (Å²) in [4.78, 5) is 0. The number of aliphatic hydroxyl groups is 2. The first kappa shape index (κ1) is 19.2. The largest absolute Gasteiger partial charge is 0.389 e. The SMILES string of the molecule is CC1=C[C@H](O)C[C@@](C)(O)/C=C/[C@H](C(C)C)CCC(C)=CCC1. The lowest BCUT2D eigenvalue weighted by Crippen LogP contribution is -2.27. The molecule has 2 nitrogen and oxygen atoms in total. The molecule has 22 heavy (non-hydrogen) atoms. The molecule has 0 amide bonds. The second kappa shape index (κ2) is 8.69. The van der Waals surface area contributed by atoms with Gasteiger partial charge >= 0.3 is 0 Å². The van der Waals surface area contributed by atoms with Crippen LogP contribution in [0.2, 0.25) is 0 Å². The fraction of sp³-hybridized carbons (Fsp3) is 0.700. The molecule has 1 rings (SSSR count). The Morgan fingerprint density at radius 3 is 2.50 bits per heavy atom. The van der Waals surface area contributed by atoms with Crippen LogP contribution in [0.25, 0.3) is 0 Å². The highest BCUT2D eigenvalue weighted by Crippen LogP contribution is 2.25. The molecule has 3 atom stereocenters. The molecule has 2 heteroatoms. The summed E-state index contributed by atoms with van der Waals surface area (Å²) in [7, 11) is 0. The molecule has 1 aliphatic rings. The molecule has 0 aromatic heterocycles. The van der Waals surface area contributed by atoms with Crippen molar-refractivity contribution in [3.63, 3.8) is 0 Å². The maximum absolute atomic E-state index is 10.5. The van der Waals surface area contributed by atoms with Gasteiger partial charge < -0.3 is 10.2 Å². The van der Waals surface area contributed by atoms with Gasteiger partial charge in [0.05, 0.1) is 11.7 Å². The third kappa shape index (κ3) is 7.42. The molecule has 0 radical (unpaired) electrons. The fourth-order valence-corrected chi connectivity index (χ4v) is 2.99. The Balaban J connectivity index is 2.97. The first-order chi connectivity index (χ1) is 10.2. The molecule has 1 aliphatic carbocycles. The van der Waals surface area contributed by atoms with E-state index in [9.17, 15) is 10.2 Å². The number of hydrogen-bond donors (Lipinski definition) is 2. The molecule has 126 valence electrons. The average molecular weight is 306 g/mol. The van der Waals surface area contributed by atoms with E-state index in [0.717, 1.165) is 25.7 Å². The Hall–Kier alpha value is -0.860. The van der Waals surface area contributed by atoms with Crippen LogP contribution in [0, 0.1) is 11.8 Å². The molecule has 0 aromatic carbocycles. The third-order valence-electron chi connectivity index (χ3n) is 4.56. The Labute approximate surface area is 136 Å². The first-order valence-corrected chi connectivity index (χ1v) is 8.62. The van der Waals surface area contributed by atoms with Crippen molar-refractivity contribution in [2.45, 2.75) is 78.4 Å². The molecule has 0 aromatic rings. The molecular weight excluding hydrogens is 272 g/mol. The van der Waals surface area contributed by atoms with Gasteiger partial charge in [0, 0.05) is 6.42 Å². The van der Waals surface area contributed by atoms with Crippen molar-refractivity contribution in [2.75, 3.05) is 0 Å². The predicted molar refractivity (Wildman–Crippen MR) is 94.7 cm³/mol. The van der Waals surface area contributed by atoms with Gasteiger partial charge in [-0.05, 0) is 58.3 Å². The number of allylic oxidation sites excluding steroid dienone is 4. The molecule has 0 spiro atoms. The highest BCUT2D eigenvalue weighted by Gasteiger charge is 2.21. The third-order valence-corrected chi connectivity index (χ3v) is 4.56. The minimum Gasteiger partial charge on any atom is -0.389 e. The topological polar surface area (TPSA) is 40.5 Å². The zero-order valence-corrected chi connectivity index (χ0v) is 15.0. The van der Waals surface area contributed by atoms with E-state index in [4.69, 9.17) is 0 Å². The summed E-state index contributed by atoms with van der Waals surface area (Å²) < 4.78 is 0. The van der Waals surface area contributed by atoms with E-state index >= 15 is 0 Å². The lowest BCUT2D eigenvalue weighted by atomic mass is 9.86. The van der Waals surface area contributed by atoms with Gasteiger partial charge in [-0.15, -0.1) is 0 Å². The van der Waals surface area contributed by atoms with E-state index in [1.165, 1.54) is 11.1 Å². The van der Waals surface area contributed by atoms with Crippen molar-refractivity contribution in [1.29, 1.82) is 0 Å². The Morgan fingerprint density at radius 2 is 1.86 bits per heavy atom. The van der Waals surface area contributed by atoms with E-state index in [0.29, 0.717) is 18.3 Å². The Bertz CT molecular complexity index is 427. The summed E-state index contributed by atoms with van der Waals surface area (Å²) in [6.45, 7) is 10.5. The van der Waals surface area contributed by atoms with Crippen LogP contribution in [0.15, 0.2) is 35.5 Å². The summed E-state index contributed by atoms with van der Waals surface area (Å²) in [6.07, 6.45) is 12.2. The number of aliphatic hydroxyl groups excluding tert-OH is 1. The van der Waals surface area contributed by atoms with Crippen LogP contribution in [0.5, 0.6) is 0 Å². The summed E-state index contributed by atoms with van der Waals surface area (Å²) in [6, 6.07) is 0. The fourth-order valence-electron chi connectivity index (χ4n) is 2.99. The average Bonchev–Trinajstić information content (AvgIpc) is 2.36. The predicted octanol–water partition coefficient (Wildman–Crippen LogP) is 4.78. The van der Waals surface area contributed by atoms with Crippen molar-refractivity contribution in [3.8, 4) is 0 Å². The van der Waals surface area contributed by atoms with E-state index < -0.39 is 11.7 Å². The molecular formula is C20H34O2.